The molecular weight excluding hydrogens is 355 g/mol. The first-order chi connectivity index (χ1) is 12.5. The molecule has 2 N–H and O–H groups in total. The van der Waals surface area contributed by atoms with E-state index < -0.39 is 11.7 Å². The zero-order chi connectivity index (χ0) is 18.9. The maximum Gasteiger partial charge on any atom is 0.338 e. The molecule has 0 spiro atoms. The summed E-state index contributed by atoms with van der Waals surface area (Å²) >= 11 is 5.08. The Morgan fingerprint density at radius 2 is 1.65 bits per heavy atom. The van der Waals surface area contributed by atoms with Crippen LogP contribution < -0.4 is 10.6 Å². The van der Waals surface area contributed by atoms with Crippen molar-refractivity contribution in [3.63, 3.8) is 0 Å². The highest BCUT2D eigenvalue weighted by Crippen LogP contribution is 2.11. The van der Waals surface area contributed by atoms with Crippen LogP contribution in [0.4, 0.5) is 10.1 Å². The molecule has 7 heteroatoms. The SMILES string of the molecule is CCCCOC(=O)c1ccc(NC(=S)NC(=O)c2ccc(F)cc2)cc1. The van der Waals surface area contributed by atoms with E-state index in [1.54, 1.807) is 24.3 Å². The van der Waals surface area contributed by atoms with Gasteiger partial charge in [0.2, 0.25) is 0 Å². The number of hydrogen-bond acceptors (Lipinski definition) is 4. The van der Waals surface area contributed by atoms with Gasteiger partial charge in [-0.25, -0.2) is 9.18 Å². The molecule has 2 aromatic rings. The first-order valence-electron chi connectivity index (χ1n) is 8.14. The fraction of sp³-hybridized carbons (Fsp3) is 0.211. The van der Waals surface area contributed by atoms with Gasteiger partial charge in [-0.15, -0.1) is 0 Å². The lowest BCUT2D eigenvalue weighted by molar-refractivity contribution is 0.0499. The number of rotatable bonds is 6. The number of nitrogens with one attached hydrogen (secondary N) is 2. The highest BCUT2D eigenvalue weighted by molar-refractivity contribution is 7.80. The Hall–Kier alpha value is -2.80. The Labute approximate surface area is 156 Å². The van der Waals surface area contributed by atoms with Crippen molar-refractivity contribution >= 4 is 34.9 Å². The molecule has 0 bridgehead atoms. The number of carbonyl (C=O) groups excluding carboxylic acids is 2. The normalized spacial score (nSPS) is 10.1. The Morgan fingerprint density at radius 3 is 2.27 bits per heavy atom. The van der Waals surface area contributed by atoms with Gasteiger partial charge in [0.25, 0.3) is 5.91 Å². The average molecular weight is 374 g/mol. The van der Waals surface area contributed by atoms with E-state index in [9.17, 15) is 14.0 Å². The highest BCUT2D eigenvalue weighted by atomic mass is 32.1. The molecule has 0 radical (unpaired) electrons. The number of ether oxygens (including phenoxy) is 1. The highest BCUT2D eigenvalue weighted by Gasteiger charge is 2.09. The molecule has 0 unspecified atom stereocenters. The van der Waals surface area contributed by atoms with Gasteiger partial charge >= 0.3 is 5.97 Å². The largest absolute Gasteiger partial charge is 0.462 e. The lowest BCUT2D eigenvalue weighted by Crippen LogP contribution is -2.34. The number of esters is 1. The van der Waals surface area contributed by atoms with E-state index in [1.807, 2.05) is 6.92 Å². The van der Waals surface area contributed by atoms with Gasteiger partial charge in [0.05, 0.1) is 12.2 Å². The lowest BCUT2D eigenvalue weighted by Gasteiger charge is -2.10. The minimum Gasteiger partial charge on any atom is -0.462 e. The van der Waals surface area contributed by atoms with E-state index in [0.717, 1.165) is 12.8 Å². The van der Waals surface area contributed by atoms with Gasteiger partial charge < -0.3 is 10.1 Å². The molecule has 2 aromatic carbocycles. The van der Waals surface area contributed by atoms with Gasteiger partial charge in [-0.05, 0) is 67.2 Å². The summed E-state index contributed by atoms with van der Waals surface area (Å²) < 4.78 is 18.0. The van der Waals surface area contributed by atoms with Crippen molar-refractivity contribution in [2.75, 3.05) is 11.9 Å². The van der Waals surface area contributed by atoms with E-state index in [0.29, 0.717) is 23.4 Å². The fourth-order valence-electron chi connectivity index (χ4n) is 2.02. The maximum atomic E-state index is 12.9. The van der Waals surface area contributed by atoms with Gasteiger partial charge in [0.15, 0.2) is 5.11 Å². The molecule has 0 atom stereocenters. The second-order valence-corrected chi connectivity index (χ2v) is 5.89. The molecule has 0 aliphatic heterocycles. The van der Waals surface area contributed by atoms with Crippen molar-refractivity contribution in [1.82, 2.24) is 5.32 Å². The van der Waals surface area contributed by atoms with Crippen molar-refractivity contribution in [1.29, 1.82) is 0 Å². The van der Waals surface area contributed by atoms with Crippen molar-refractivity contribution in [3.8, 4) is 0 Å². The summed E-state index contributed by atoms with van der Waals surface area (Å²) in [7, 11) is 0. The summed E-state index contributed by atoms with van der Waals surface area (Å²) in [6, 6.07) is 11.7. The standard InChI is InChI=1S/C19H19FN2O3S/c1-2-3-12-25-18(24)14-6-10-16(11-7-14)21-19(26)22-17(23)13-4-8-15(20)9-5-13/h4-11H,2-3,12H2,1H3,(H2,21,22,23,26). The van der Waals surface area contributed by atoms with Crippen molar-refractivity contribution in [2.45, 2.75) is 19.8 Å². The molecule has 0 fully saturated rings. The molecule has 0 aliphatic rings. The van der Waals surface area contributed by atoms with Crippen LogP contribution in [0, 0.1) is 5.82 Å². The second kappa shape index (κ2) is 9.62. The molecule has 0 saturated carbocycles. The average Bonchev–Trinajstić information content (AvgIpc) is 2.62. The molecule has 0 heterocycles. The van der Waals surface area contributed by atoms with Crippen molar-refractivity contribution in [3.05, 3.63) is 65.5 Å². The topological polar surface area (TPSA) is 67.4 Å². The van der Waals surface area contributed by atoms with Gasteiger partial charge in [-0.2, -0.15) is 0 Å². The number of halogens is 1. The van der Waals surface area contributed by atoms with Crippen LogP contribution in [0.2, 0.25) is 0 Å². The van der Waals surface area contributed by atoms with Crippen LogP contribution in [-0.2, 0) is 4.74 Å². The van der Waals surface area contributed by atoms with Crippen molar-refractivity contribution < 1.29 is 18.7 Å². The number of benzene rings is 2. The van der Waals surface area contributed by atoms with Gasteiger partial charge in [-0.1, -0.05) is 13.3 Å². The summed E-state index contributed by atoms with van der Waals surface area (Å²) in [4.78, 5) is 23.8. The van der Waals surface area contributed by atoms with Crippen LogP contribution >= 0.6 is 12.2 Å². The van der Waals surface area contributed by atoms with Crippen LogP contribution in [0.1, 0.15) is 40.5 Å². The Balaban J connectivity index is 1.87. The first kappa shape index (κ1) is 19.5. The number of thiocarbonyl (C=S) groups is 1. The number of anilines is 1. The first-order valence-corrected chi connectivity index (χ1v) is 8.55. The number of hydrogen-bond donors (Lipinski definition) is 2. The third-order valence-electron chi connectivity index (χ3n) is 3.44. The molecule has 1 amide bonds. The Bertz CT molecular complexity index is 776. The predicted molar refractivity (Wildman–Crippen MR) is 102 cm³/mol. The van der Waals surface area contributed by atoms with Crippen molar-refractivity contribution in [2.24, 2.45) is 0 Å². The summed E-state index contributed by atoms with van der Waals surface area (Å²) in [5.41, 5.74) is 1.34. The van der Waals surface area contributed by atoms with Gasteiger partial charge in [-0.3, -0.25) is 10.1 Å². The number of amides is 1. The molecule has 0 aromatic heterocycles. The zero-order valence-electron chi connectivity index (χ0n) is 14.3. The second-order valence-electron chi connectivity index (χ2n) is 5.48. The van der Waals surface area contributed by atoms with Gasteiger partial charge in [0.1, 0.15) is 5.82 Å². The minimum absolute atomic E-state index is 0.0950. The van der Waals surface area contributed by atoms with E-state index in [2.05, 4.69) is 10.6 Å². The predicted octanol–water partition coefficient (Wildman–Crippen LogP) is 3.91. The van der Waals surface area contributed by atoms with Crippen LogP contribution in [0.5, 0.6) is 0 Å². The van der Waals surface area contributed by atoms with Crippen LogP contribution in [0.3, 0.4) is 0 Å². The number of carbonyl (C=O) groups is 2. The molecule has 0 aliphatic carbocycles. The molecule has 2 rings (SSSR count). The maximum absolute atomic E-state index is 12.9. The summed E-state index contributed by atoms with van der Waals surface area (Å²) in [5.74, 6) is -1.24. The van der Waals surface area contributed by atoms with E-state index >= 15 is 0 Å². The molecule has 0 saturated heterocycles. The van der Waals surface area contributed by atoms with Crippen LogP contribution in [-0.4, -0.2) is 23.6 Å². The summed E-state index contributed by atoms with van der Waals surface area (Å²) in [5, 5.41) is 5.44. The summed E-state index contributed by atoms with van der Waals surface area (Å²) in [6.45, 7) is 2.42. The van der Waals surface area contributed by atoms with Gasteiger partial charge in [0, 0.05) is 11.3 Å². The quantitative estimate of drug-likeness (QED) is 0.456. The van der Waals surface area contributed by atoms with E-state index in [1.165, 1.54) is 24.3 Å². The fourth-order valence-corrected chi connectivity index (χ4v) is 2.23. The monoisotopic (exact) mass is 374 g/mol. The van der Waals surface area contributed by atoms with E-state index in [4.69, 9.17) is 17.0 Å². The zero-order valence-corrected chi connectivity index (χ0v) is 15.1. The molecule has 5 nitrogen and oxygen atoms in total. The third-order valence-corrected chi connectivity index (χ3v) is 3.65. The third kappa shape index (κ3) is 5.93. The smallest absolute Gasteiger partial charge is 0.338 e. The molecular formula is C19H19FN2O3S. The lowest BCUT2D eigenvalue weighted by atomic mass is 10.2. The molecule has 26 heavy (non-hydrogen) atoms. The van der Waals surface area contributed by atoms with E-state index in [-0.39, 0.29) is 11.1 Å². The molecule has 136 valence electrons. The summed E-state index contributed by atoms with van der Waals surface area (Å²) in [6.07, 6.45) is 1.78. The van der Waals surface area contributed by atoms with Crippen LogP contribution in [0.15, 0.2) is 48.5 Å². The number of unbranched alkanes of at least 4 members (excludes halogenated alkanes) is 1. The van der Waals surface area contributed by atoms with Crippen LogP contribution in [0.25, 0.3) is 0 Å². The minimum atomic E-state index is -0.446. The Kier molecular flexibility index (Phi) is 7.23. The Morgan fingerprint density at radius 1 is 1.04 bits per heavy atom.